The summed E-state index contributed by atoms with van der Waals surface area (Å²) >= 11 is 0. The van der Waals surface area contributed by atoms with Crippen molar-refractivity contribution in [1.29, 1.82) is 0 Å². The molecule has 0 unspecified atom stereocenters. The van der Waals surface area contributed by atoms with Gasteiger partial charge in [0.1, 0.15) is 12.7 Å². The first-order valence-electron chi connectivity index (χ1n) is 4.85. The van der Waals surface area contributed by atoms with E-state index in [1.807, 2.05) is 6.92 Å². The van der Waals surface area contributed by atoms with Gasteiger partial charge in [-0.05, 0) is 6.92 Å². The van der Waals surface area contributed by atoms with Crippen molar-refractivity contribution in [3.63, 3.8) is 0 Å². The van der Waals surface area contributed by atoms with Crippen LogP contribution in [0.3, 0.4) is 0 Å². The van der Waals surface area contributed by atoms with E-state index in [4.69, 9.17) is 14.6 Å². The molecule has 1 aromatic rings. The van der Waals surface area contributed by atoms with Crippen LogP contribution in [0.5, 0.6) is 5.88 Å². The lowest BCUT2D eigenvalue weighted by atomic mass is 10.3. The highest BCUT2D eigenvalue weighted by Gasteiger charge is 2.27. The van der Waals surface area contributed by atoms with E-state index < -0.39 is 10.0 Å². The largest absolute Gasteiger partial charge is 0.474 e. The van der Waals surface area contributed by atoms with Crippen molar-refractivity contribution >= 4 is 10.0 Å². The van der Waals surface area contributed by atoms with E-state index in [9.17, 15) is 8.42 Å². The second-order valence-electron chi connectivity index (χ2n) is 3.43. The van der Waals surface area contributed by atoms with Gasteiger partial charge in [-0.1, -0.05) is 0 Å². The lowest BCUT2D eigenvalue weighted by Gasteiger charge is -2.24. The number of primary sulfonamides is 1. The molecule has 16 heavy (non-hydrogen) atoms. The fourth-order valence-corrected chi connectivity index (χ4v) is 2.18. The average molecular weight is 247 g/mol. The molecule has 1 atom stereocenters. The van der Waals surface area contributed by atoms with Gasteiger partial charge in [0.2, 0.25) is 15.9 Å². The molecule has 0 aromatic carbocycles. The SMILES string of the molecule is CCO[C@H]1COc2c(S(N)(=O)=O)cnn2C1. The molecule has 0 aliphatic carbocycles. The van der Waals surface area contributed by atoms with Crippen LogP contribution in [0.25, 0.3) is 0 Å². The summed E-state index contributed by atoms with van der Waals surface area (Å²) in [6, 6.07) is 0. The Bertz CT molecular complexity index is 481. The zero-order valence-electron chi connectivity index (χ0n) is 8.79. The molecule has 2 heterocycles. The normalized spacial score (nSPS) is 20.2. The van der Waals surface area contributed by atoms with Gasteiger partial charge in [0.25, 0.3) is 0 Å². The highest BCUT2D eigenvalue weighted by Crippen LogP contribution is 2.26. The monoisotopic (exact) mass is 247 g/mol. The molecule has 0 amide bonds. The van der Waals surface area contributed by atoms with Crippen molar-refractivity contribution in [2.75, 3.05) is 13.2 Å². The molecule has 2 rings (SSSR count). The van der Waals surface area contributed by atoms with Crippen LogP contribution in [-0.4, -0.2) is 37.5 Å². The van der Waals surface area contributed by atoms with Crippen molar-refractivity contribution in [2.45, 2.75) is 24.5 Å². The minimum absolute atomic E-state index is 0.0811. The molecule has 8 heteroatoms. The molecule has 0 radical (unpaired) electrons. The number of sulfonamides is 1. The van der Waals surface area contributed by atoms with Crippen LogP contribution in [0.1, 0.15) is 6.92 Å². The minimum atomic E-state index is -3.78. The van der Waals surface area contributed by atoms with Crippen LogP contribution in [0.2, 0.25) is 0 Å². The molecular formula is C8H13N3O4S. The molecule has 1 aromatic heterocycles. The summed E-state index contributed by atoms with van der Waals surface area (Å²) in [5.74, 6) is 0.193. The highest BCUT2D eigenvalue weighted by atomic mass is 32.2. The number of ether oxygens (including phenoxy) is 2. The first-order chi connectivity index (χ1) is 7.52. The first-order valence-corrected chi connectivity index (χ1v) is 6.40. The molecule has 0 spiro atoms. The quantitative estimate of drug-likeness (QED) is 0.764. The maximum Gasteiger partial charge on any atom is 0.245 e. The van der Waals surface area contributed by atoms with Gasteiger partial charge in [0.05, 0.1) is 12.7 Å². The smallest absolute Gasteiger partial charge is 0.245 e. The van der Waals surface area contributed by atoms with Gasteiger partial charge >= 0.3 is 0 Å². The lowest BCUT2D eigenvalue weighted by molar-refractivity contribution is -0.00760. The number of fused-ring (bicyclic) bond motifs is 1. The van der Waals surface area contributed by atoms with Gasteiger partial charge in [-0.25, -0.2) is 18.2 Å². The topological polar surface area (TPSA) is 96.4 Å². The number of nitrogens with two attached hydrogens (primary N) is 1. The fraction of sp³-hybridized carbons (Fsp3) is 0.625. The van der Waals surface area contributed by atoms with Crippen molar-refractivity contribution in [3.05, 3.63) is 6.20 Å². The molecule has 1 aliphatic heterocycles. The zero-order chi connectivity index (χ0) is 11.8. The second kappa shape index (κ2) is 4.04. The van der Waals surface area contributed by atoms with Crippen molar-refractivity contribution in [3.8, 4) is 5.88 Å². The third kappa shape index (κ3) is 2.04. The van der Waals surface area contributed by atoms with Gasteiger partial charge in [-0.15, -0.1) is 0 Å². The number of rotatable bonds is 3. The van der Waals surface area contributed by atoms with Gasteiger partial charge in [-0.3, -0.25) is 0 Å². The summed E-state index contributed by atoms with van der Waals surface area (Å²) < 4.78 is 34.5. The first kappa shape index (κ1) is 11.4. The average Bonchev–Trinajstić information content (AvgIpc) is 2.60. The third-order valence-electron chi connectivity index (χ3n) is 2.25. The molecule has 1 aliphatic rings. The van der Waals surface area contributed by atoms with Gasteiger partial charge in [-0.2, -0.15) is 5.10 Å². The van der Waals surface area contributed by atoms with Gasteiger partial charge < -0.3 is 9.47 Å². The molecular weight excluding hydrogens is 234 g/mol. The van der Waals surface area contributed by atoms with E-state index in [1.165, 1.54) is 10.9 Å². The van der Waals surface area contributed by atoms with E-state index in [2.05, 4.69) is 5.10 Å². The van der Waals surface area contributed by atoms with Crippen LogP contribution in [-0.2, 0) is 21.3 Å². The fourth-order valence-electron chi connectivity index (χ4n) is 1.58. The van der Waals surface area contributed by atoms with Crippen LogP contribution >= 0.6 is 0 Å². The van der Waals surface area contributed by atoms with E-state index in [0.29, 0.717) is 19.8 Å². The number of nitrogens with zero attached hydrogens (tertiary/aromatic N) is 2. The molecule has 90 valence electrons. The van der Waals surface area contributed by atoms with Crippen LogP contribution in [0.4, 0.5) is 0 Å². The molecule has 2 N–H and O–H groups in total. The third-order valence-corrected chi connectivity index (χ3v) is 3.14. The van der Waals surface area contributed by atoms with E-state index in [-0.39, 0.29) is 16.9 Å². The van der Waals surface area contributed by atoms with Crippen LogP contribution < -0.4 is 9.88 Å². The summed E-state index contributed by atoms with van der Waals surface area (Å²) in [5, 5.41) is 8.93. The summed E-state index contributed by atoms with van der Waals surface area (Å²) in [5.41, 5.74) is 0. The summed E-state index contributed by atoms with van der Waals surface area (Å²) in [6.45, 7) is 3.24. The summed E-state index contributed by atoms with van der Waals surface area (Å²) in [7, 11) is -3.78. The number of hydrogen-bond acceptors (Lipinski definition) is 5. The Hall–Kier alpha value is -1.12. The Morgan fingerprint density at radius 2 is 2.50 bits per heavy atom. The Labute approximate surface area is 93.2 Å². The standard InChI is InChI=1S/C8H13N3O4S/c1-2-14-6-4-11-8(15-5-6)7(3-10-11)16(9,12)13/h3,6H,2,4-5H2,1H3,(H2,9,12,13)/t6-/m1/s1. The Balaban J connectivity index is 2.27. The van der Waals surface area contributed by atoms with E-state index in [1.54, 1.807) is 0 Å². The molecule has 0 saturated heterocycles. The zero-order valence-corrected chi connectivity index (χ0v) is 9.61. The minimum Gasteiger partial charge on any atom is -0.474 e. The molecule has 0 saturated carbocycles. The van der Waals surface area contributed by atoms with Crippen molar-refractivity contribution in [2.24, 2.45) is 5.14 Å². The Morgan fingerprint density at radius 1 is 1.75 bits per heavy atom. The highest BCUT2D eigenvalue weighted by molar-refractivity contribution is 7.89. The summed E-state index contributed by atoms with van der Waals surface area (Å²) in [4.78, 5) is -0.0811. The lowest BCUT2D eigenvalue weighted by Crippen LogP contribution is -2.33. The van der Waals surface area contributed by atoms with Gasteiger partial charge in [0, 0.05) is 6.61 Å². The summed E-state index contributed by atoms with van der Waals surface area (Å²) in [6.07, 6.45) is 1.09. The molecule has 0 bridgehead atoms. The Kier molecular flexibility index (Phi) is 2.87. The second-order valence-corrected chi connectivity index (χ2v) is 4.96. The predicted octanol–water partition coefficient (Wildman–Crippen LogP) is -0.672. The van der Waals surface area contributed by atoms with Crippen molar-refractivity contribution < 1.29 is 17.9 Å². The predicted molar refractivity (Wildman–Crippen MR) is 54.5 cm³/mol. The van der Waals surface area contributed by atoms with E-state index >= 15 is 0 Å². The van der Waals surface area contributed by atoms with Crippen molar-refractivity contribution in [1.82, 2.24) is 9.78 Å². The molecule has 0 fully saturated rings. The van der Waals surface area contributed by atoms with Crippen LogP contribution in [0.15, 0.2) is 11.1 Å². The van der Waals surface area contributed by atoms with Gasteiger partial charge in [0.15, 0.2) is 4.90 Å². The van der Waals surface area contributed by atoms with E-state index in [0.717, 1.165) is 0 Å². The maximum absolute atomic E-state index is 11.2. The Morgan fingerprint density at radius 3 is 3.12 bits per heavy atom. The van der Waals surface area contributed by atoms with Crippen LogP contribution in [0, 0.1) is 0 Å². The molecule has 7 nitrogen and oxygen atoms in total. The number of hydrogen-bond donors (Lipinski definition) is 1. The maximum atomic E-state index is 11.2. The number of aromatic nitrogens is 2.